The van der Waals surface area contributed by atoms with Crippen LogP contribution in [0.15, 0.2) is 111 Å². The fraction of sp³-hybridized carbons (Fsp3) is 0. The van der Waals surface area contributed by atoms with Crippen LogP contribution in [0, 0.1) is 0 Å². The molecule has 0 fully saturated rings. The van der Waals surface area contributed by atoms with Crippen LogP contribution in [-0.4, -0.2) is 0 Å². The van der Waals surface area contributed by atoms with Crippen LogP contribution in [0.4, 0.5) is 0 Å². The van der Waals surface area contributed by atoms with Crippen molar-refractivity contribution in [2.24, 2.45) is 0 Å². The molecule has 2 aromatic heterocycles. The molecule has 0 aliphatic rings. The van der Waals surface area contributed by atoms with Gasteiger partial charge in [0.1, 0.15) is 16.9 Å². The van der Waals surface area contributed by atoms with Gasteiger partial charge in [-0.05, 0) is 24.3 Å². The third-order valence-electron chi connectivity index (χ3n) is 4.05. The van der Waals surface area contributed by atoms with Crippen LogP contribution in [0.5, 0.6) is 0 Å². The van der Waals surface area contributed by atoms with E-state index < -0.39 is 0 Å². The van der Waals surface area contributed by atoms with Crippen molar-refractivity contribution in [1.29, 1.82) is 0 Å². The Morgan fingerprint density at radius 1 is 0.654 bits per heavy atom. The molecule has 0 saturated carbocycles. The van der Waals surface area contributed by atoms with E-state index in [2.05, 4.69) is 0 Å². The summed E-state index contributed by atoms with van der Waals surface area (Å²) in [6.45, 7) is 0. The fourth-order valence-corrected chi connectivity index (χ4v) is 2.75. The number of para-hydroxylation sites is 2. The summed E-state index contributed by atoms with van der Waals surface area (Å²) in [6.07, 6.45) is 1.70. The third kappa shape index (κ3) is 3.28. The molecule has 26 heavy (non-hydrogen) atoms. The van der Waals surface area contributed by atoms with Crippen molar-refractivity contribution in [2.45, 2.75) is 0 Å². The monoisotopic (exact) mass is 340 g/mol. The minimum Gasteiger partial charge on any atom is -0.464 e. The minimum atomic E-state index is -0.00861. The molecule has 0 aliphatic heterocycles. The quantitative estimate of drug-likeness (QED) is 0.382. The van der Waals surface area contributed by atoms with Crippen molar-refractivity contribution in [3.05, 3.63) is 107 Å². The molecule has 0 N–H and O–H groups in total. The highest BCUT2D eigenvalue weighted by Crippen LogP contribution is 2.21. The Kier molecular flexibility index (Phi) is 4.35. The van der Waals surface area contributed by atoms with Gasteiger partial charge in [-0.25, -0.2) is 0 Å². The van der Waals surface area contributed by atoms with Gasteiger partial charge in [-0.2, -0.15) is 0 Å². The number of furan rings is 1. The van der Waals surface area contributed by atoms with E-state index in [4.69, 9.17) is 8.83 Å². The topological polar surface area (TPSA) is 43.4 Å². The average Bonchev–Trinajstić information content (AvgIpc) is 3.18. The van der Waals surface area contributed by atoms with Gasteiger partial charge >= 0.3 is 0 Å². The van der Waals surface area contributed by atoms with Crippen LogP contribution in [0.25, 0.3) is 33.3 Å². The van der Waals surface area contributed by atoms with Gasteiger partial charge in [-0.1, -0.05) is 60.7 Å². The van der Waals surface area contributed by atoms with Gasteiger partial charge in [-0.15, -0.1) is 0 Å². The molecule has 0 atom stereocenters. The summed E-state index contributed by atoms with van der Waals surface area (Å²) >= 11 is 0. The Hall–Kier alpha value is -3.59. The molecule has 0 radical (unpaired) electrons. The second-order valence-electron chi connectivity index (χ2n) is 5.80. The number of hydrogen-bond acceptors (Lipinski definition) is 3. The molecular weight excluding hydrogens is 324 g/mol. The SMILES string of the molecule is O=c1cc(-c2ccccc2)oc2ccccc12.c1ccc2occc2c1. The maximum atomic E-state index is 11.9. The lowest BCUT2D eigenvalue weighted by molar-refractivity contribution is 0.616. The summed E-state index contributed by atoms with van der Waals surface area (Å²) in [4.78, 5) is 11.9. The Bertz CT molecular complexity index is 1170. The Labute approximate surface area is 150 Å². The van der Waals surface area contributed by atoms with Gasteiger partial charge in [0.2, 0.25) is 0 Å². The van der Waals surface area contributed by atoms with E-state index in [0.717, 1.165) is 16.5 Å². The normalized spacial score (nSPS) is 10.5. The van der Waals surface area contributed by atoms with E-state index >= 15 is 0 Å². The van der Waals surface area contributed by atoms with Crippen LogP contribution in [0.3, 0.4) is 0 Å². The first-order valence-corrected chi connectivity index (χ1v) is 8.32. The molecule has 3 heteroatoms. The molecule has 0 aliphatic carbocycles. The maximum absolute atomic E-state index is 11.9. The van der Waals surface area contributed by atoms with E-state index in [9.17, 15) is 4.79 Å². The Balaban J connectivity index is 0.000000157. The van der Waals surface area contributed by atoms with Crippen LogP contribution < -0.4 is 5.43 Å². The molecule has 0 amide bonds. The van der Waals surface area contributed by atoms with Gasteiger partial charge in [-0.3, -0.25) is 4.79 Å². The van der Waals surface area contributed by atoms with E-state index in [1.807, 2.05) is 78.9 Å². The molecule has 5 aromatic rings. The van der Waals surface area contributed by atoms with Gasteiger partial charge in [0.05, 0.1) is 11.6 Å². The van der Waals surface area contributed by atoms with Gasteiger partial charge in [0, 0.05) is 17.0 Å². The molecule has 0 saturated heterocycles. The molecule has 3 aromatic carbocycles. The molecule has 126 valence electrons. The second kappa shape index (κ2) is 7.11. The molecule has 5 rings (SSSR count). The van der Waals surface area contributed by atoms with Crippen LogP contribution in [-0.2, 0) is 0 Å². The van der Waals surface area contributed by atoms with Crippen LogP contribution >= 0.6 is 0 Å². The molecule has 0 spiro atoms. The lowest BCUT2D eigenvalue weighted by atomic mass is 10.1. The zero-order valence-corrected chi connectivity index (χ0v) is 14.0. The molecule has 0 unspecified atom stereocenters. The maximum Gasteiger partial charge on any atom is 0.193 e. The van der Waals surface area contributed by atoms with E-state index in [-0.39, 0.29) is 5.43 Å². The smallest absolute Gasteiger partial charge is 0.193 e. The highest BCUT2D eigenvalue weighted by Gasteiger charge is 2.05. The molecule has 0 bridgehead atoms. The van der Waals surface area contributed by atoms with Crippen molar-refractivity contribution in [1.82, 2.24) is 0 Å². The first-order chi connectivity index (χ1) is 12.8. The summed E-state index contributed by atoms with van der Waals surface area (Å²) in [5, 5.41) is 1.78. The molecular formula is C23H16O3. The number of hydrogen-bond donors (Lipinski definition) is 0. The zero-order valence-electron chi connectivity index (χ0n) is 14.0. The fourth-order valence-electron chi connectivity index (χ4n) is 2.75. The lowest BCUT2D eigenvalue weighted by Gasteiger charge is -2.02. The predicted molar refractivity (Wildman–Crippen MR) is 104 cm³/mol. The number of fused-ring (bicyclic) bond motifs is 2. The number of rotatable bonds is 1. The lowest BCUT2D eigenvalue weighted by Crippen LogP contribution is -1.99. The third-order valence-corrected chi connectivity index (χ3v) is 4.05. The first-order valence-electron chi connectivity index (χ1n) is 8.32. The zero-order chi connectivity index (χ0) is 17.8. The van der Waals surface area contributed by atoms with Gasteiger partial charge in [0.15, 0.2) is 5.43 Å². The largest absolute Gasteiger partial charge is 0.464 e. The van der Waals surface area contributed by atoms with Crippen LogP contribution in [0.2, 0.25) is 0 Å². The summed E-state index contributed by atoms with van der Waals surface area (Å²) in [5.74, 6) is 0.606. The molecule has 2 heterocycles. The van der Waals surface area contributed by atoms with Crippen molar-refractivity contribution >= 4 is 21.9 Å². The number of benzene rings is 3. The summed E-state index contributed by atoms with van der Waals surface area (Å²) in [7, 11) is 0. The van der Waals surface area contributed by atoms with Crippen molar-refractivity contribution < 1.29 is 8.83 Å². The van der Waals surface area contributed by atoms with Crippen molar-refractivity contribution in [3.63, 3.8) is 0 Å². The first kappa shape index (κ1) is 15.9. The highest BCUT2D eigenvalue weighted by atomic mass is 16.3. The van der Waals surface area contributed by atoms with Gasteiger partial charge < -0.3 is 8.83 Å². The Morgan fingerprint density at radius 3 is 2.15 bits per heavy atom. The summed E-state index contributed by atoms with van der Waals surface area (Å²) in [5.41, 5.74) is 2.48. The Morgan fingerprint density at radius 2 is 1.35 bits per heavy atom. The average molecular weight is 340 g/mol. The standard InChI is InChI=1S/C15H10O2.C8H6O/c16-13-10-15(11-6-2-1-3-7-11)17-14-9-5-4-8-12(13)14;1-2-4-8-7(3-1)5-6-9-8/h1-10H;1-6H. The summed E-state index contributed by atoms with van der Waals surface area (Å²) < 4.78 is 10.8. The van der Waals surface area contributed by atoms with E-state index in [0.29, 0.717) is 16.7 Å². The van der Waals surface area contributed by atoms with E-state index in [1.54, 1.807) is 12.3 Å². The summed E-state index contributed by atoms with van der Waals surface area (Å²) in [6, 6.07) is 28.3. The van der Waals surface area contributed by atoms with Gasteiger partial charge in [0.25, 0.3) is 0 Å². The minimum absolute atomic E-state index is 0.00861. The van der Waals surface area contributed by atoms with E-state index in [1.165, 1.54) is 6.07 Å². The van der Waals surface area contributed by atoms with Crippen molar-refractivity contribution in [3.8, 4) is 11.3 Å². The second-order valence-corrected chi connectivity index (χ2v) is 5.80. The highest BCUT2D eigenvalue weighted by molar-refractivity contribution is 5.78. The molecule has 3 nitrogen and oxygen atoms in total. The van der Waals surface area contributed by atoms with Crippen molar-refractivity contribution in [2.75, 3.05) is 0 Å². The predicted octanol–water partition coefficient (Wildman–Crippen LogP) is 5.89. The van der Waals surface area contributed by atoms with Crippen LogP contribution in [0.1, 0.15) is 0 Å².